The van der Waals surface area contributed by atoms with E-state index >= 15 is 0 Å². The quantitative estimate of drug-likeness (QED) is 0.174. The molecular formula is C58H36N6. The summed E-state index contributed by atoms with van der Waals surface area (Å²) in [7, 11) is 0. The molecule has 298 valence electrons. The average Bonchev–Trinajstić information content (AvgIpc) is 4.09. The second-order valence-electron chi connectivity index (χ2n) is 16.6. The van der Waals surface area contributed by atoms with Gasteiger partial charge in [0.15, 0.2) is 5.82 Å². The molecule has 0 aliphatic heterocycles. The molecule has 0 aliphatic rings. The molecule has 0 radical (unpaired) electrons. The van der Waals surface area contributed by atoms with Crippen LogP contribution in [0.5, 0.6) is 0 Å². The first-order valence-electron chi connectivity index (χ1n) is 21.8. The Kier molecular flexibility index (Phi) is 7.30. The highest BCUT2D eigenvalue weighted by molar-refractivity contribution is 6.17. The molecule has 0 fully saturated rings. The summed E-state index contributed by atoms with van der Waals surface area (Å²) in [6.45, 7) is 0. The van der Waals surface area contributed by atoms with E-state index in [1.165, 1.54) is 32.3 Å². The van der Waals surface area contributed by atoms with Crippen LogP contribution in [0.15, 0.2) is 218 Å². The molecule has 5 aromatic heterocycles. The Morgan fingerprint density at radius 3 is 1.00 bits per heavy atom. The van der Waals surface area contributed by atoms with E-state index in [2.05, 4.69) is 237 Å². The lowest BCUT2D eigenvalue weighted by Gasteiger charge is -2.19. The van der Waals surface area contributed by atoms with Crippen LogP contribution < -0.4 is 0 Å². The van der Waals surface area contributed by atoms with E-state index in [1.807, 2.05) is 0 Å². The number of fused-ring (bicyclic) bond motifs is 12. The molecule has 6 heteroatoms. The highest BCUT2D eigenvalue weighted by Crippen LogP contribution is 2.44. The van der Waals surface area contributed by atoms with Crippen molar-refractivity contribution in [2.24, 2.45) is 0 Å². The van der Waals surface area contributed by atoms with Crippen molar-refractivity contribution in [3.8, 4) is 34.4 Å². The smallest absolute Gasteiger partial charge is 0.168 e. The summed E-state index contributed by atoms with van der Waals surface area (Å²) in [6, 6.07) is 78.3. The van der Waals surface area contributed by atoms with Gasteiger partial charge in [-0.25, -0.2) is 9.97 Å². The Morgan fingerprint density at radius 2 is 0.594 bits per heavy atom. The first-order valence-corrected chi connectivity index (χ1v) is 21.8. The summed E-state index contributed by atoms with van der Waals surface area (Å²) < 4.78 is 9.47. The Morgan fingerprint density at radius 1 is 0.266 bits per heavy atom. The zero-order valence-corrected chi connectivity index (χ0v) is 34.5. The minimum Gasteiger partial charge on any atom is -0.308 e. The summed E-state index contributed by atoms with van der Waals surface area (Å²) in [4.78, 5) is 11.6. The van der Waals surface area contributed by atoms with Gasteiger partial charge in [0.25, 0.3) is 0 Å². The van der Waals surface area contributed by atoms with Gasteiger partial charge in [-0.15, -0.1) is 0 Å². The molecule has 0 unspecified atom stereocenters. The summed E-state index contributed by atoms with van der Waals surface area (Å²) in [5.74, 6) is 2.19. The van der Waals surface area contributed by atoms with Gasteiger partial charge in [0.1, 0.15) is 11.6 Å². The lowest BCUT2D eigenvalue weighted by atomic mass is 10.0. The number of aromatic nitrogens is 6. The van der Waals surface area contributed by atoms with Crippen LogP contribution in [0.2, 0.25) is 0 Å². The second-order valence-corrected chi connectivity index (χ2v) is 16.6. The Labute approximate surface area is 366 Å². The minimum absolute atomic E-state index is 0.624. The Hall–Kier alpha value is -8.74. The predicted molar refractivity (Wildman–Crippen MR) is 265 cm³/mol. The predicted octanol–water partition coefficient (Wildman–Crippen LogP) is 14.5. The molecule has 14 rings (SSSR count). The van der Waals surface area contributed by atoms with Crippen LogP contribution in [-0.4, -0.2) is 28.2 Å². The first-order chi connectivity index (χ1) is 31.8. The number of benzene rings is 9. The molecule has 0 aliphatic carbocycles. The van der Waals surface area contributed by atoms with Gasteiger partial charge in [-0.3, -0.25) is 9.13 Å². The van der Waals surface area contributed by atoms with Crippen molar-refractivity contribution in [2.75, 3.05) is 0 Å². The number of hydrogen-bond acceptors (Lipinski definition) is 2. The number of hydrogen-bond donors (Lipinski definition) is 0. The zero-order chi connectivity index (χ0) is 41.9. The van der Waals surface area contributed by atoms with Crippen molar-refractivity contribution in [3.63, 3.8) is 0 Å². The van der Waals surface area contributed by atoms with Gasteiger partial charge in [-0.1, -0.05) is 152 Å². The van der Waals surface area contributed by atoms with Gasteiger partial charge in [-0.05, 0) is 60.7 Å². The van der Waals surface area contributed by atoms with E-state index < -0.39 is 0 Å². The molecule has 14 aromatic rings. The maximum absolute atomic E-state index is 5.81. The van der Waals surface area contributed by atoms with Gasteiger partial charge in [-0.2, -0.15) is 0 Å². The molecule has 0 saturated heterocycles. The fourth-order valence-electron chi connectivity index (χ4n) is 10.6. The van der Waals surface area contributed by atoms with E-state index in [-0.39, 0.29) is 0 Å². The SMILES string of the molecule is c1ccc(-n2c3ccccc3c3ccc(-n4c5ccccc5c5ccccc54)c(-c4nc(-n5c6ccccc6c6ccccc65)cc(-n5c6ccccc6c6ccccc65)n4)c32)cc1. The molecular weight excluding hydrogens is 781 g/mol. The van der Waals surface area contributed by atoms with Crippen molar-refractivity contribution >= 4 is 87.2 Å². The van der Waals surface area contributed by atoms with Crippen molar-refractivity contribution in [2.45, 2.75) is 0 Å². The fourth-order valence-corrected chi connectivity index (χ4v) is 10.6. The Balaban J connectivity index is 1.21. The highest BCUT2D eigenvalue weighted by atomic mass is 15.2. The largest absolute Gasteiger partial charge is 0.308 e. The van der Waals surface area contributed by atoms with Crippen LogP contribution in [0, 0.1) is 0 Å². The van der Waals surface area contributed by atoms with E-state index in [0.717, 1.165) is 83.5 Å². The third-order valence-electron chi connectivity index (χ3n) is 13.2. The molecule has 0 atom stereocenters. The average molecular weight is 817 g/mol. The Bertz CT molecular complexity index is 3910. The van der Waals surface area contributed by atoms with Crippen LogP contribution in [0.1, 0.15) is 0 Å². The molecule has 0 saturated carbocycles. The summed E-state index contributed by atoms with van der Waals surface area (Å²) >= 11 is 0. The van der Waals surface area contributed by atoms with Gasteiger partial charge >= 0.3 is 0 Å². The monoisotopic (exact) mass is 816 g/mol. The van der Waals surface area contributed by atoms with Crippen LogP contribution in [-0.2, 0) is 0 Å². The molecule has 0 amide bonds. The molecule has 64 heavy (non-hydrogen) atoms. The van der Waals surface area contributed by atoms with Crippen molar-refractivity contribution in [1.82, 2.24) is 28.2 Å². The van der Waals surface area contributed by atoms with Crippen LogP contribution in [0.3, 0.4) is 0 Å². The molecule has 5 heterocycles. The van der Waals surface area contributed by atoms with Crippen LogP contribution >= 0.6 is 0 Å². The lowest BCUT2D eigenvalue weighted by molar-refractivity contribution is 0.991. The lowest BCUT2D eigenvalue weighted by Crippen LogP contribution is -2.09. The van der Waals surface area contributed by atoms with E-state index in [4.69, 9.17) is 9.97 Å². The van der Waals surface area contributed by atoms with Crippen molar-refractivity contribution in [1.29, 1.82) is 0 Å². The summed E-state index contributed by atoms with van der Waals surface area (Å²) in [6.07, 6.45) is 0. The third-order valence-corrected chi connectivity index (χ3v) is 13.2. The van der Waals surface area contributed by atoms with E-state index in [9.17, 15) is 0 Å². The maximum atomic E-state index is 5.81. The molecule has 6 nitrogen and oxygen atoms in total. The van der Waals surface area contributed by atoms with Crippen LogP contribution in [0.25, 0.3) is 122 Å². The number of para-hydroxylation sites is 8. The van der Waals surface area contributed by atoms with E-state index in [1.54, 1.807) is 0 Å². The van der Waals surface area contributed by atoms with Crippen LogP contribution in [0.4, 0.5) is 0 Å². The molecule has 0 bridgehead atoms. The van der Waals surface area contributed by atoms with Gasteiger partial charge in [0, 0.05) is 54.8 Å². The van der Waals surface area contributed by atoms with Gasteiger partial charge < -0.3 is 9.13 Å². The fraction of sp³-hybridized carbons (Fsp3) is 0. The standard InChI is InChI=1S/C58H36N6/c1-2-18-37(19-3-1)61-46-27-11-10-26-44(46)45-34-35-53(62-47-28-12-4-20-38(47)39-21-5-13-29-48(39)62)56(57(45)61)58-59-54(63-49-30-14-6-22-40(49)41-23-7-15-31-50(41)63)36-55(60-58)64-51-32-16-8-24-42(51)43-25-9-17-33-52(43)64/h1-36H. The highest BCUT2D eigenvalue weighted by Gasteiger charge is 2.27. The molecule has 0 N–H and O–H groups in total. The van der Waals surface area contributed by atoms with Gasteiger partial charge in [0.2, 0.25) is 0 Å². The number of rotatable bonds is 5. The van der Waals surface area contributed by atoms with E-state index in [0.29, 0.717) is 5.82 Å². The summed E-state index contributed by atoms with van der Waals surface area (Å²) in [5.41, 5.74) is 11.7. The van der Waals surface area contributed by atoms with Crippen molar-refractivity contribution < 1.29 is 0 Å². The maximum Gasteiger partial charge on any atom is 0.168 e. The summed E-state index contributed by atoms with van der Waals surface area (Å²) in [5, 5.41) is 9.38. The molecule has 0 spiro atoms. The normalized spacial score (nSPS) is 12.1. The zero-order valence-electron chi connectivity index (χ0n) is 34.5. The van der Waals surface area contributed by atoms with Gasteiger partial charge in [0.05, 0.1) is 55.4 Å². The third kappa shape index (κ3) is 4.85. The number of nitrogens with zero attached hydrogens (tertiary/aromatic N) is 6. The molecule has 9 aromatic carbocycles. The second kappa shape index (κ2) is 13.4. The topological polar surface area (TPSA) is 45.5 Å². The first kappa shape index (κ1) is 34.9. The minimum atomic E-state index is 0.624. The van der Waals surface area contributed by atoms with Crippen molar-refractivity contribution in [3.05, 3.63) is 218 Å².